The van der Waals surface area contributed by atoms with Crippen LogP contribution in [0, 0.1) is 6.92 Å². The normalized spacial score (nSPS) is 25.2. The summed E-state index contributed by atoms with van der Waals surface area (Å²) in [5.74, 6) is -1.55. The van der Waals surface area contributed by atoms with Gasteiger partial charge in [0.25, 0.3) is 5.91 Å². The summed E-state index contributed by atoms with van der Waals surface area (Å²) >= 11 is 1.38. The molecule has 0 spiro atoms. The number of β-lactam (4-membered cyclic amide) rings is 1. The molecule has 1 aromatic carbocycles. The van der Waals surface area contributed by atoms with Crippen LogP contribution in [0.5, 0.6) is 0 Å². The van der Waals surface area contributed by atoms with Crippen LogP contribution in [0.2, 0.25) is 0 Å². The van der Waals surface area contributed by atoms with E-state index < -0.39 is 34.1 Å². The monoisotopic (exact) mass is 401 g/mol. The van der Waals surface area contributed by atoms with E-state index in [0.717, 1.165) is 5.56 Å². The molecule has 2 N–H and O–H groups in total. The topological polar surface area (TPSA) is 113 Å². The zero-order valence-electron chi connectivity index (χ0n) is 15.5. The van der Waals surface area contributed by atoms with E-state index in [1.807, 2.05) is 30.3 Å². The number of hydrogen-bond donors (Lipinski definition) is 2. The second-order valence-corrected chi connectivity index (χ2v) is 9.15. The van der Waals surface area contributed by atoms with Gasteiger partial charge in [0.15, 0.2) is 0 Å². The number of carboxylic acids is 1. The van der Waals surface area contributed by atoms with Gasteiger partial charge in [-0.1, -0.05) is 35.5 Å². The largest absolute Gasteiger partial charge is 0.480 e. The van der Waals surface area contributed by atoms with Crippen LogP contribution < -0.4 is 5.32 Å². The minimum atomic E-state index is -1.04. The van der Waals surface area contributed by atoms with Crippen molar-refractivity contribution in [3.8, 4) is 11.3 Å². The third-order valence-electron chi connectivity index (χ3n) is 5.10. The number of aliphatic carboxylic acids is 1. The molecular formula is C19H19N3O5S. The zero-order valence-corrected chi connectivity index (χ0v) is 16.3. The summed E-state index contributed by atoms with van der Waals surface area (Å²) in [7, 11) is 0. The van der Waals surface area contributed by atoms with Crippen molar-refractivity contribution in [3.63, 3.8) is 0 Å². The lowest BCUT2D eigenvalue weighted by Crippen LogP contribution is -2.70. The molecular weight excluding hydrogens is 382 g/mol. The predicted molar refractivity (Wildman–Crippen MR) is 102 cm³/mol. The van der Waals surface area contributed by atoms with E-state index in [-0.39, 0.29) is 11.5 Å². The number of nitrogens with one attached hydrogen (secondary N) is 1. The van der Waals surface area contributed by atoms with Gasteiger partial charge in [0.1, 0.15) is 34.5 Å². The van der Waals surface area contributed by atoms with Gasteiger partial charge >= 0.3 is 5.97 Å². The molecule has 28 heavy (non-hydrogen) atoms. The summed E-state index contributed by atoms with van der Waals surface area (Å²) in [5, 5.41) is 15.8. The van der Waals surface area contributed by atoms with Crippen molar-refractivity contribution in [3.05, 3.63) is 41.7 Å². The number of carbonyl (C=O) groups is 3. The number of aryl methyl sites for hydroxylation is 1. The number of carboxylic acid groups (broad SMARTS) is 1. The van der Waals surface area contributed by atoms with Crippen LogP contribution in [-0.2, 0) is 9.59 Å². The number of carbonyl (C=O) groups excluding carboxylic acids is 2. The van der Waals surface area contributed by atoms with Crippen molar-refractivity contribution in [1.29, 1.82) is 0 Å². The number of hydrogen-bond acceptors (Lipinski definition) is 6. The molecule has 0 aliphatic carbocycles. The average Bonchev–Trinajstić information content (AvgIpc) is 3.15. The van der Waals surface area contributed by atoms with E-state index in [1.54, 1.807) is 20.8 Å². The molecule has 1 aromatic heterocycles. The molecule has 4 rings (SSSR count). The lowest BCUT2D eigenvalue weighted by molar-refractivity contribution is -0.159. The molecule has 3 heterocycles. The first-order chi connectivity index (χ1) is 13.2. The zero-order chi connectivity index (χ0) is 20.2. The van der Waals surface area contributed by atoms with Crippen LogP contribution in [0.4, 0.5) is 0 Å². The number of aromatic nitrogens is 1. The maximum atomic E-state index is 12.9. The highest BCUT2D eigenvalue weighted by atomic mass is 32.2. The number of thioether (sulfide) groups is 1. The van der Waals surface area contributed by atoms with Crippen molar-refractivity contribution >= 4 is 29.5 Å². The van der Waals surface area contributed by atoms with Gasteiger partial charge < -0.3 is 19.8 Å². The van der Waals surface area contributed by atoms with Gasteiger partial charge in [-0.25, -0.2) is 4.79 Å². The number of rotatable bonds is 4. The highest BCUT2D eigenvalue weighted by Crippen LogP contribution is 2.50. The van der Waals surface area contributed by atoms with Gasteiger partial charge in [-0.2, -0.15) is 0 Å². The van der Waals surface area contributed by atoms with Gasteiger partial charge in [0, 0.05) is 10.3 Å². The molecule has 2 saturated heterocycles. The summed E-state index contributed by atoms with van der Waals surface area (Å²) < 4.78 is 4.57. The van der Waals surface area contributed by atoms with Crippen molar-refractivity contribution in [2.75, 3.05) is 0 Å². The Balaban J connectivity index is 1.58. The second-order valence-electron chi connectivity index (χ2n) is 7.38. The molecule has 0 bridgehead atoms. The van der Waals surface area contributed by atoms with Gasteiger partial charge in [-0.3, -0.25) is 9.59 Å². The predicted octanol–water partition coefficient (Wildman–Crippen LogP) is 1.90. The Kier molecular flexibility index (Phi) is 4.22. The second kappa shape index (κ2) is 6.37. The molecule has 2 aromatic rings. The summed E-state index contributed by atoms with van der Waals surface area (Å²) in [6, 6.07) is 7.46. The molecule has 2 unspecified atom stereocenters. The van der Waals surface area contributed by atoms with E-state index in [1.165, 1.54) is 16.7 Å². The van der Waals surface area contributed by atoms with Crippen LogP contribution in [-0.4, -0.2) is 55.2 Å². The molecule has 3 atom stereocenters. The fourth-order valence-electron chi connectivity index (χ4n) is 3.79. The molecule has 146 valence electrons. The van der Waals surface area contributed by atoms with Gasteiger partial charge in [-0.05, 0) is 20.8 Å². The Morgan fingerprint density at radius 2 is 1.96 bits per heavy atom. The third-order valence-corrected chi connectivity index (χ3v) is 6.67. The van der Waals surface area contributed by atoms with Crippen LogP contribution in [0.25, 0.3) is 11.3 Å². The molecule has 2 aliphatic heterocycles. The number of amides is 2. The van der Waals surface area contributed by atoms with Crippen LogP contribution in [0.3, 0.4) is 0 Å². The van der Waals surface area contributed by atoms with E-state index >= 15 is 0 Å². The van der Waals surface area contributed by atoms with E-state index in [9.17, 15) is 19.5 Å². The fourth-order valence-corrected chi connectivity index (χ4v) is 5.42. The van der Waals surface area contributed by atoms with E-state index in [4.69, 9.17) is 4.52 Å². The quantitative estimate of drug-likeness (QED) is 0.752. The Labute approximate surface area is 165 Å². The minimum Gasteiger partial charge on any atom is -0.480 e. The van der Waals surface area contributed by atoms with Crippen molar-refractivity contribution < 1.29 is 24.0 Å². The molecule has 2 amide bonds. The highest BCUT2D eigenvalue weighted by Gasteiger charge is 2.64. The standard InChI is InChI=1S/C19H19N3O5S/c1-9-11(12(21-27-9)10-7-5-4-6-8-10)15(23)20-13-16(24)22-14(18(25)26)19(2,3)28-17(13)22/h4-8,13-14,17H,1-3H3,(H,20,23)(H,25,26)/t13?,14-,17?/m0/s1. The Morgan fingerprint density at radius 3 is 2.61 bits per heavy atom. The fraction of sp³-hybridized carbons (Fsp3) is 0.368. The molecule has 0 radical (unpaired) electrons. The Hall–Kier alpha value is -2.81. The van der Waals surface area contributed by atoms with Crippen molar-refractivity contribution in [2.24, 2.45) is 0 Å². The van der Waals surface area contributed by atoms with E-state index in [0.29, 0.717) is 11.5 Å². The van der Waals surface area contributed by atoms with Crippen LogP contribution in [0.15, 0.2) is 34.9 Å². The molecule has 2 aliphatic rings. The number of benzene rings is 1. The summed E-state index contributed by atoms with van der Waals surface area (Å²) in [5.41, 5.74) is 1.41. The minimum absolute atomic E-state index is 0.273. The first kappa shape index (κ1) is 18.5. The number of fused-ring (bicyclic) bond motifs is 1. The molecule has 8 nitrogen and oxygen atoms in total. The average molecular weight is 401 g/mol. The third kappa shape index (κ3) is 2.69. The lowest BCUT2D eigenvalue weighted by Gasteiger charge is -2.43. The summed E-state index contributed by atoms with van der Waals surface area (Å²) in [6.07, 6.45) is 0. The van der Waals surface area contributed by atoms with Gasteiger partial charge in [-0.15, -0.1) is 11.8 Å². The Morgan fingerprint density at radius 1 is 1.29 bits per heavy atom. The first-order valence-electron chi connectivity index (χ1n) is 8.77. The summed E-state index contributed by atoms with van der Waals surface area (Å²) in [6.45, 7) is 5.22. The Bertz CT molecular complexity index is 971. The molecule has 2 fully saturated rings. The SMILES string of the molecule is Cc1onc(-c2ccccc2)c1C(=O)NC1C(=O)N2C1SC(C)(C)[C@@H]2C(=O)O. The lowest BCUT2D eigenvalue weighted by atomic mass is 9.95. The number of nitrogens with zero attached hydrogens (tertiary/aromatic N) is 2. The first-order valence-corrected chi connectivity index (χ1v) is 9.65. The molecule has 0 saturated carbocycles. The maximum absolute atomic E-state index is 12.9. The highest BCUT2D eigenvalue weighted by molar-refractivity contribution is 8.01. The van der Waals surface area contributed by atoms with Crippen molar-refractivity contribution in [1.82, 2.24) is 15.4 Å². The van der Waals surface area contributed by atoms with E-state index in [2.05, 4.69) is 10.5 Å². The van der Waals surface area contributed by atoms with Crippen LogP contribution >= 0.6 is 11.8 Å². The van der Waals surface area contributed by atoms with Crippen molar-refractivity contribution in [2.45, 2.75) is 43.0 Å². The van der Waals surface area contributed by atoms with Gasteiger partial charge in [0.2, 0.25) is 5.91 Å². The van der Waals surface area contributed by atoms with Crippen LogP contribution in [0.1, 0.15) is 30.0 Å². The maximum Gasteiger partial charge on any atom is 0.327 e. The molecule has 9 heteroatoms. The summed E-state index contributed by atoms with van der Waals surface area (Å²) in [4.78, 5) is 38.5. The van der Waals surface area contributed by atoms with Gasteiger partial charge in [0.05, 0.1) is 0 Å². The smallest absolute Gasteiger partial charge is 0.327 e.